The lowest BCUT2D eigenvalue weighted by Crippen LogP contribution is -2.65. The molecular weight excluding hydrogens is 214 g/mol. The first-order valence-electron chi connectivity index (χ1n) is 5.56. The van der Waals surface area contributed by atoms with Gasteiger partial charge in [0.25, 0.3) is 0 Å². The van der Waals surface area contributed by atoms with Crippen molar-refractivity contribution < 1.29 is 9.90 Å². The number of carbonyl (C=O) groups excluding carboxylic acids is 1. The molecule has 3 nitrogen and oxygen atoms in total. The molecule has 1 amide bonds. The first-order valence-corrected chi connectivity index (χ1v) is 6.09. The van der Waals surface area contributed by atoms with Crippen molar-refractivity contribution in [1.82, 2.24) is 4.90 Å². The lowest BCUT2D eigenvalue weighted by Gasteiger charge is -2.49. The van der Waals surface area contributed by atoms with E-state index in [1.165, 1.54) is 0 Å². The molecule has 0 aromatic rings. The second-order valence-corrected chi connectivity index (χ2v) is 5.03. The zero-order valence-corrected chi connectivity index (χ0v) is 10.3. The molecule has 88 valence electrons. The van der Waals surface area contributed by atoms with E-state index in [4.69, 9.17) is 11.6 Å². The maximum atomic E-state index is 11.6. The van der Waals surface area contributed by atoms with Crippen molar-refractivity contribution in [2.45, 2.75) is 38.7 Å². The molecule has 0 atom stereocenters. The van der Waals surface area contributed by atoms with Gasteiger partial charge < -0.3 is 10.0 Å². The van der Waals surface area contributed by atoms with Gasteiger partial charge in [-0.1, -0.05) is 13.8 Å². The van der Waals surface area contributed by atoms with Crippen LogP contribution in [0.25, 0.3) is 0 Å². The van der Waals surface area contributed by atoms with Gasteiger partial charge in [-0.15, -0.1) is 11.6 Å². The van der Waals surface area contributed by atoms with Crippen molar-refractivity contribution in [2.24, 2.45) is 5.92 Å². The van der Waals surface area contributed by atoms with E-state index < -0.39 is 5.60 Å². The highest BCUT2D eigenvalue weighted by Gasteiger charge is 2.45. The zero-order valence-electron chi connectivity index (χ0n) is 9.50. The number of halogens is 1. The molecule has 0 aromatic carbocycles. The second kappa shape index (κ2) is 5.17. The van der Waals surface area contributed by atoms with Crippen LogP contribution in [0.2, 0.25) is 0 Å². The number of hydrogen-bond acceptors (Lipinski definition) is 2. The van der Waals surface area contributed by atoms with Gasteiger partial charge in [0.2, 0.25) is 5.91 Å². The molecule has 1 saturated heterocycles. The topological polar surface area (TPSA) is 40.5 Å². The van der Waals surface area contributed by atoms with Gasteiger partial charge in [0.15, 0.2) is 0 Å². The summed E-state index contributed by atoms with van der Waals surface area (Å²) in [4.78, 5) is 13.3. The predicted molar refractivity (Wildman–Crippen MR) is 60.9 cm³/mol. The summed E-state index contributed by atoms with van der Waals surface area (Å²) >= 11 is 5.53. The molecule has 0 bridgehead atoms. The third kappa shape index (κ3) is 3.08. The van der Waals surface area contributed by atoms with Crippen LogP contribution in [-0.4, -0.2) is 40.5 Å². The Kier molecular flexibility index (Phi) is 4.41. The number of carbonyl (C=O) groups is 1. The molecule has 0 spiro atoms. The minimum absolute atomic E-state index is 0.144. The maximum Gasteiger partial charge on any atom is 0.222 e. The average Bonchev–Trinajstić information content (AvgIpc) is 2.12. The van der Waals surface area contributed by atoms with Gasteiger partial charge in [0.05, 0.1) is 13.1 Å². The molecular formula is C11H20ClNO2. The summed E-state index contributed by atoms with van der Waals surface area (Å²) in [7, 11) is 0. The Morgan fingerprint density at radius 3 is 2.53 bits per heavy atom. The normalized spacial score (nSPS) is 19.1. The van der Waals surface area contributed by atoms with Gasteiger partial charge in [-0.05, 0) is 18.8 Å². The fraction of sp³-hybridized carbons (Fsp3) is 0.909. The SMILES string of the molecule is CC(C)C1(O)CN(C(=O)CCCCCl)C1. The van der Waals surface area contributed by atoms with Gasteiger partial charge in [-0.3, -0.25) is 4.79 Å². The number of rotatable bonds is 5. The maximum absolute atomic E-state index is 11.6. The molecule has 0 radical (unpaired) electrons. The predicted octanol–water partition coefficient (Wildman–Crippen LogP) is 1.62. The molecule has 0 saturated carbocycles. The van der Waals surface area contributed by atoms with Crippen LogP contribution in [0, 0.1) is 5.92 Å². The molecule has 1 aliphatic heterocycles. The molecule has 1 rings (SSSR count). The number of alkyl halides is 1. The van der Waals surface area contributed by atoms with Crippen molar-refractivity contribution in [3.05, 3.63) is 0 Å². The van der Waals surface area contributed by atoms with E-state index >= 15 is 0 Å². The number of likely N-dealkylation sites (tertiary alicyclic amines) is 1. The molecule has 0 aliphatic carbocycles. The van der Waals surface area contributed by atoms with Crippen LogP contribution in [0.3, 0.4) is 0 Å². The molecule has 1 heterocycles. The Morgan fingerprint density at radius 2 is 2.07 bits per heavy atom. The Labute approximate surface area is 96.4 Å². The van der Waals surface area contributed by atoms with Crippen molar-refractivity contribution in [3.63, 3.8) is 0 Å². The lowest BCUT2D eigenvalue weighted by molar-refractivity contribution is -0.163. The van der Waals surface area contributed by atoms with E-state index in [0.717, 1.165) is 12.8 Å². The summed E-state index contributed by atoms with van der Waals surface area (Å²) in [6, 6.07) is 0. The molecule has 1 aliphatic rings. The number of β-amino-alcohol motifs (C(OH)–C–C–N with tert-alkyl or cyclic N) is 1. The molecule has 0 unspecified atom stereocenters. The van der Waals surface area contributed by atoms with Crippen molar-refractivity contribution in [3.8, 4) is 0 Å². The minimum atomic E-state index is -0.651. The van der Waals surface area contributed by atoms with Crippen molar-refractivity contribution in [2.75, 3.05) is 19.0 Å². The van der Waals surface area contributed by atoms with E-state index in [-0.39, 0.29) is 11.8 Å². The van der Waals surface area contributed by atoms with Gasteiger partial charge in [0, 0.05) is 12.3 Å². The van der Waals surface area contributed by atoms with Crippen LogP contribution < -0.4 is 0 Å². The summed E-state index contributed by atoms with van der Waals surface area (Å²) in [5.74, 6) is 0.971. The van der Waals surface area contributed by atoms with Gasteiger partial charge in [-0.2, -0.15) is 0 Å². The first kappa shape index (κ1) is 12.8. The zero-order chi connectivity index (χ0) is 11.5. The van der Waals surface area contributed by atoms with Gasteiger partial charge in [0.1, 0.15) is 5.60 Å². The van der Waals surface area contributed by atoms with E-state index in [1.54, 1.807) is 4.90 Å². The Hall–Kier alpha value is -0.280. The number of hydrogen-bond donors (Lipinski definition) is 1. The van der Waals surface area contributed by atoms with Crippen LogP contribution in [-0.2, 0) is 4.79 Å². The summed E-state index contributed by atoms with van der Waals surface area (Å²) in [6.45, 7) is 4.94. The number of amides is 1. The number of aliphatic hydroxyl groups is 1. The Morgan fingerprint density at radius 1 is 1.47 bits per heavy atom. The van der Waals surface area contributed by atoms with E-state index in [9.17, 15) is 9.90 Å². The van der Waals surface area contributed by atoms with Crippen LogP contribution in [0.5, 0.6) is 0 Å². The summed E-state index contributed by atoms with van der Waals surface area (Å²) in [5, 5.41) is 9.96. The molecule has 4 heteroatoms. The Bertz CT molecular complexity index is 225. The lowest BCUT2D eigenvalue weighted by atomic mass is 9.83. The number of nitrogens with zero attached hydrogens (tertiary/aromatic N) is 1. The van der Waals surface area contributed by atoms with Crippen LogP contribution in [0.15, 0.2) is 0 Å². The van der Waals surface area contributed by atoms with E-state index in [1.807, 2.05) is 13.8 Å². The monoisotopic (exact) mass is 233 g/mol. The number of unbranched alkanes of at least 4 members (excludes halogenated alkanes) is 1. The highest BCUT2D eigenvalue weighted by Crippen LogP contribution is 2.29. The van der Waals surface area contributed by atoms with Crippen LogP contribution in [0.4, 0.5) is 0 Å². The molecule has 1 N–H and O–H groups in total. The summed E-state index contributed by atoms with van der Waals surface area (Å²) in [6.07, 6.45) is 2.29. The van der Waals surface area contributed by atoms with Gasteiger partial charge in [-0.25, -0.2) is 0 Å². The van der Waals surface area contributed by atoms with Crippen LogP contribution >= 0.6 is 11.6 Å². The van der Waals surface area contributed by atoms with E-state index in [0.29, 0.717) is 25.4 Å². The quantitative estimate of drug-likeness (QED) is 0.579. The smallest absolute Gasteiger partial charge is 0.222 e. The summed E-state index contributed by atoms with van der Waals surface area (Å²) in [5.41, 5.74) is -0.651. The first-order chi connectivity index (χ1) is 6.99. The second-order valence-electron chi connectivity index (χ2n) is 4.65. The van der Waals surface area contributed by atoms with Crippen LogP contribution in [0.1, 0.15) is 33.1 Å². The standard InChI is InChI=1S/C11H20ClNO2/c1-9(2)11(15)7-13(8-11)10(14)5-3-4-6-12/h9,15H,3-8H2,1-2H3. The molecule has 0 aromatic heterocycles. The third-order valence-corrected chi connectivity index (χ3v) is 3.40. The molecule has 1 fully saturated rings. The fourth-order valence-corrected chi connectivity index (χ4v) is 1.87. The average molecular weight is 234 g/mol. The highest BCUT2D eigenvalue weighted by atomic mass is 35.5. The van der Waals surface area contributed by atoms with Gasteiger partial charge >= 0.3 is 0 Å². The highest BCUT2D eigenvalue weighted by molar-refractivity contribution is 6.17. The summed E-state index contributed by atoms with van der Waals surface area (Å²) < 4.78 is 0. The van der Waals surface area contributed by atoms with Crippen molar-refractivity contribution in [1.29, 1.82) is 0 Å². The largest absolute Gasteiger partial charge is 0.386 e. The van der Waals surface area contributed by atoms with Crippen molar-refractivity contribution >= 4 is 17.5 Å². The Balaban J connectivity index is 2.23. The minimum Gasteiger partial charge on any atom is -0.386 e. The fourth-order valence-electron chi connectivity index (χ4n) is 1.69. The van der Waals surface area contributed by atoms with E-state index in [2.05, 4.69) is 0 Å². The molecule has 15 heavy (non-hydrogen) atoms. The third-order valence-electron chi connectivity index (χ3n) is 3.13.